The van der Waals surface area contributed by atoms with E-state index in [4.69, 9.17) is 0 Å². The molecule has 0 atom stereocenters. The second-order valence-electron chi connectivity index (χ2n) is 6.23. The average molecular weight is 264 g/mol. The molecule has 0 spiro atoms. The first-order valence-electron chi connectivity index (χ1n) is 6.98. The topological polar surface area (TPSA) is 59.0 Å². The summed E-state index contributed by atoms with van der Waals surface area (Å²) in [5.41, 5.74) is 0.0696. The van der Waals surface area contributed by atoms with Crippen LogP contribution in [0.2, 0.25) is 0 Å². The Hall–Kier alpha value is -1.36. The van der Waals surface area contributed by atoms with Crippen LogP contribution in [0.15, 0.2) is 12.4 Å². The second kappa shape index (κ2) is 5.74. The third-order valence-electron chi connectivity index (χ3n) is 3.10. The zero-order valence-electron chi connectivity index (χ0n) is 12.1. The Morgan fingerprint density at radius 3 is 2.84 bits per heavy atom. The van der Waals surface area contributed by atoms with Gasteiger partial charge < -0.3 is 15.2 Å². The molecule has 1 heterocycles. The van der Waals surface area contributed by atoms with Gasteiger partial charge in [0.05, 0.1) is 6.54 Å². The number of hydrogen-bond acceptors (Lipinski definition) is 3. The maximum atomic E-state index is 11.7. The molecule has 0 aliphatic heterocycles. The lowest BCUT2D eigenvalue weighted by atomic mass is 10.1. The fourth-order valence-electron chi connectivity index (χ4n) is 1.80. The van der Waals surface area contributed by atoms with Gasteiger partial charge in [-0.05, 0) is 33.6 Å². The highest BCUT2D eigenvalue weighted by molar-refractivity contribution is 5.76. The number of aromatic nitrogens is 2. The fraction of sp³-hybridized carbons (Fsp3) is 0.714. The molecule has 1 aliphatic carbocycles. The Balaban J connectivity index is 1.79. The summed E-state index contributed by atoms with van der Waals surface area (Å²) in [4.78, 5) is 16.0. The van der Waals surface area contributed by atoms with Crippen molar-refractivity contribution in [1.29, 1.82) is 0 Å². The number of hydrogen-bond donors (Lipinski definition) is 2. The summed E-state index contributed by atoms with van der Waals surface area (Å²) in [7, 11) is 0. The lowest BCUT2D eigenvalue weighted by molar-refractivity contribution is -0.121. The Labute approximate surface area is 114 Å². The first-order chi connectivity index (χ1) is 8.94. The number of imidazole rings is 1. The van der Waals surface area contributed by atoms with Crippen LogP contribution in [0.5, 0.6) is 0 Å². The van der Waals surface area contributed by atoms with E-state index in [-0.39, 0.29) is 11.4 Å². The van der Waals surface area contributed by atoms with E-state index in [1.165, 1.54) is 0 Å². The summed E-state index contributed by atoms with van der Waals surface area (Å²) < 4.78 is 2.05. The molecule has 0 saturated heterocycles. The van der Waals surface area contributed by atoms with E-state index in [2.05, 4.69) is 36.4 Å². The quantitative estimate of drug-likeness (QED) is 0.817. The van der Waals surface area contributed by atoms with E-state index < -0.39 is 0 Å². The molecule has 1 aromatic rings. The first-order valence-corrected chi connectivity index (χ1v) is 6.98. The molecule has 19 heavy (non-hydrogen) atoms. The van der Waals surface area contributed by atoms with Gasteiger partial charge in [0.2, 0.25) is 5.91 Å². The van der Waals surface area contributed by atoms with Crippen molar-refractivity contribution in [2.75, 3.05) is 0 Å². The van der Waals surface area contributed by atoms with Crippen LogP contribution in [0, 0.1) is 0 Å². The van der Waals surface area contributed by atoms with E-state index in [1.54, 1.807) is 6.20 Å². The highest BCUT2D eigenvalue weighted by atomic mass is 16.1. The van der Waals surface area contributed by atoms with Crippen molar-refractivity contribution in [3.05, 3.63) is 18.2 Å². The van der Waals surface area contributed by atoms with Crippen molar-refractivity contribution in [2.45, 2.75) is 64.7 Å². The van der Waals surface area contributed by atoms with Gasteiger partial charge in [0, 0.05) is 36.9 Å². The van der Waals surface area contributed by atoms with Crippen molar-refractivity contribution in [3.8, 4) is 0 Å². The number of nitrogens with one attached hydrogen (secondary N) is 2. The normalized spacial score (nSPS) is 15.5. The van der Waals surface area contributed by atoms with E-state index >= 15 is 0 Å². The molecular weight excluding hydrogens is 240 g/mol. The van der Waals surface area contributed by atoms with Crippen LogP contribution >= 0.6 is 0 Å². The summed E-state index contributed by atoms with van der Waals surface area (Å²) in [6, 6.07) is 0.442. The van der Waals surface area contributed by atoms with E-state index in [0.717, 1.165) is 25.2 Å². The Bertz CT molecular complexity index is 429. The van der Waals surface area contributed by atoms with Crippen LogP contribution in [0.25, 0.3) is 0 Å². The highest BCUT2D eigenvalue weighted by Crippen LogP contribution is 2.18. The largest absolute Gasteiger partial charge is 0.353 e. The molecule has 106 valence electrons. The number of aryl methyl sites for hydroxylation is 1. The molecule has 2 N–H and O–H groups in total. The highest BCUT2D eigenvalue weighted by Gasteiger charge is 2.23. The zero-order valence-corrected chi connectivity index (χ0v) is 12.1. The van der Waals surface area contributed by atoms with Gasteiger partial charge in [0.1, 0.15) is 5.82 Å². The summed E-state index contributed by atoms with van der Waals surface area (Å²) in [6.45, 7) is 7.80. The van der Waals surface area contributed by atoms with Crippen molar-refractivity contribution in [2.24, 2.45) is 0 Å². The Morgan fingerprint density at radius 2 is 2.21 bits per heavy atom. The number of carbonyl (C=O) groups is 1. The minimum absolute atomic E-state index is 0.0696. The second-order valence-corrected chi connectivity index (χ2v) is 6.23. The maximum Gasteiger partial charge on any atom is 0.222 e. The molecule has 0 bridgehead atoms. The molecule has 5 nitrogen and oxygen atoms in total. The first kappa shape index (κ1) is 14.1. The van der Waals surface area contributed by atoms with Crippen LogP contribution in [0.1, 0.15) is 45.9 Å². The zero-order chi connectivity index (χ0) is 13.9. The SMILES string of the molecule is CC(C)(C)NCc1nccn1CCC(=O)NC1CC1. The summed E-state index contributed by atoms with van der Waals surface area (Å²) >= 11 is 0. The van der Waals surface area contributed by atoms with E-state index in [0.29, 0.717) is 19.0 Å². The molecule has 1 saturated carbocycles. The lowest BCUT2D eigenvalue weighted by Gasteiger charge is -2.20. The van der Waals surface area contributed by atoms with Gasteiger partial charge in [-0.3, -0.25) is 4.79 Å². The molecule has 5 heteroatoms. The number of nitrogens with zero attached hydrogens (tertiary/aromatic N) is 2. The molecule has 2 rings (SSSR count). The van der Waals surface area contributed by atoms with Crippen molar-refractivity contribution < 1.29 is 4.79 Å². The van der Waals surface area contributed by atoms with Gasteiger partial charge in [-0.25, -0.2) is 4.98 Å². The summed E-state index contributed by atoms with van der Waals surface area (Å²) in [5.74, 6) is 1.13. The molecule has 0 aromatic carbocycles. The van der Waals surface area contributed by atoms with Gasteiger partial charge in [0.15, 0.2) is 0 Å². The van der Waals surface area contributed by atoms with Crippen LogP contribution < -0.4 is 10.6 Å². The Morgan fingerprint density at radius 1 is 1.47 bits per heavy atom. The predicted molar refractivity (Wildman–Crippen MR) is 74.6 cm³/mol. The molecule has 1 amide bonds. The summed E-state index contributed by atoms with van der Waals surface area (Å²) in [5, 5.41) is 6.41. The monoisotopic (exact) mass is 264 g/mol. The summed E-state index contributed by atoms with van der Waals surface area (Å²) in [6.07, 6.45) is 6.52. The van der Waals surface area contributed by atoms with Crippen molar-refractivity contribution >= 4 is 5.91 Å². The molecule has 0 unspecified atom stereocenters. The number of rotatable bonds is 6. The number of amides is 1. The average Bonchev–Trinajstić information content (AvgIpc) is 3.00. The minimum atomic E-state index is 0.0696. The van der Waals surface area contributed by atoms with Crippen LogP contribution in [0.4, 0.5) is 0 Å². The minimum Gasteiger partial charge on any atom is -0.353 e. The standard InChI is InChI=1S/C14H24N4O/c1-14(2,3)16-10-12-15-7-9-18(12)8-6-13(19)17-11-4-5-11/h7,9,11,16H,4-6,8,10H2,1-3H3,(H,17,19). The number of carbonyl (C=O) groups excluding carboxylic acids is 1. The third-order valence-corrected chi connectivity index (χ3v) is 3.10. The van der Waals surface area contributed by atoms with Gasteiger partial charge in [-0.1, -0.05) is 0 Å². The van der Waals surface area contributed by atoms with Crippen LogP contribution in [-0.2, 0) is 17.9 Å². The van der Waals surface area contributed by atoms with Gasteiger partial charge in [-0.2, -0.15) is 0 Å². The molecule has 1 aromatic heterocycles. The van der Waals surface area contributed by atoms with E-state index in [1.807, 2.05) is 10.8 Å². The molecule has 1 aliphatic rings. The van der Waals surface area contributed by atoms with Gasteiger partial charge >= 0.3 is 0 Å². The maximum absolute atomic E-state index is 11.7. The lowest BCUT2D eigenvalue weighted by Crippen LogP contribution is -2.36. The van der Waals surface area contributed by atoms with E-state index in [9.17, 15) is 4.79 Å². The molecule has 1 fully saturated rings. The predicted octanol–water partition coefficient (Wildman–Crippen LogP) is 1.44. The molecular formula is C14H24N4O. The third kappa shape index (κ3) is 5.03. The van der Waals surface area contributed by atoms with Gasteiger partial charge in [-0.15, -0.1) is 0 Å². The van der Waals surface area contributed by atoms with Crippen LogP contribution in [-0.4, -0.2) is 27.0 Å². The fourth-order valence-corrected chi connectivity index (χ4v) is 1.80. The molecule has 0 radical (unpaired) electrons. The van der Waals surface area contributed by atoms with Crippen molar-refractivity contribution in [3.63, 3.8) is 0 Å². The van der Waals surface area contributed by atoms with Gasteiger partial charge in [0.25, 0.3) is 0 Å². The smallest absolute Gasteiger partial charge is 0.222 e. The van der Waals surface area contributed by atoms with Crippen LogP contribution in [0.3, 0.4) is 0 Å². The Kier molecular flexibility index (Phi) is 4.24. The van der Waals surface area contributed by atoms with Crippen molar-refractivity contribution in [1.82, 2.24) is 20.2 Å².